The van der Waals surface area contributed by atoms with E-state index >= 15 is 0 Å². The topological polar surface area (TPSA) is 69.6 Å². The highest BCUT2D eigenvalue weighted by Gasteiger charge is 2.26. The van der Waals surface area contributed by atoms with Crippen LogP contribution in [0.3, 0.4) is 0 Å². The molecule has 5 nitrogen and oxygen atoms in total. The molecule has 0 radical (unpaired) electrons. The van der Waals surface area contributed by atoms with E-state index in [2.05, 4.69) is 5.32 Å². The lowest BCUT2D eigenvalue weighted by atomic mass is 10.1. The van der Waals surface area contributed by atoms with Gasteiger partial charge in [0.05, 0.1) is 5.75 Å². The fourth-order valence-electron chi connectivity index (χ4n) is 2.64. The molecule has 0 atom stereocenters. The maximum Gasteiger partial charge on any atom is 0.214 e. The number of nitrogens with zero attached hydrogens (tertiary/aromatic N) is 1. The lowest BCUT2D eigenvalue weighted by Crippen LogP contribution is -2.45. The molecule has 0 amide bonds. The number of benzene rings is 1. The number of hydrogen-bond acceptors (Lipinski definition) is 4. The monoisotopic (exact) mass is 312 g/mol. The van der Waals surface area contributed by atoms with Gasteiger partial charge in [-0.2, -0.15) is 0 Å². The first kappa shape index (κ1) is 16.3. The Morgan fingerprint density at radius 3 is 2.57 bits per heavy atom. The summed E-state index contributed by atoms with van der Waals surface area (Å²) in [4.78, 5) is 0. The fraction of sp³-hybridized carbons (Fsp3) is 0.600. The predicted molar refractivity (Wildman–Crippen MR) is 83.6 cm³/mol. The third kappa shape index (κ3) is 4.43. The molecule has 1 heterocycles. The summed E-state index contributed by atoms with van der Waals surface area (Å²) >= 11 is 0. The number of nitrogens with one attached hydrogen (secondary N) is 1. The Morgan fingerprint density at radius 1 is 1.29 bits per heavy atom. The highest BCUT2D eigenvalue weighted by Crippen LogP contribution is 2.18. The summed E-state index contributed by atoms with van der Waals surface area (Å²) in [5.41, 5.74) is 0.874. The number of sulfonamides is 1. The van der Waals surface area contributed by atoms with Crippen LogP contribution in [0.25, 0.3) is 0 Å². The van der Waals surface area contributed by atoms with Gasteiger partial charge in [0.2, 0.25) is 10.0 Å². The summed E-state index contributed by atoms with van der Waals surface area (Å²) in [6, 6.07) is 7.57. The maximum atomic E-state index is 12.0. The standard InChI is InChI=1S/C15H24N2O3S/c1-2-11-21(19,20)17-9-7-14(8-10-17)16-12-13-5-3-4-6-15(13)18/h3-6,14,16,18H,2,7-12H2,1H3. The first-order valence-corrected chi connectivity index (χ1v) is 9.12. The largest absolute Gasteiger partial charge is 0.508 e. The average Bonchev–Trinajstić information content (AvgIpc) is 2.47. The number of phenolic OH excluding ortho intramolecular Hbond substituents is 1. The number of aromatic hydroxyl groups is 1. The van der Waals surface area contributed by atoms with Gasteiger partial charge in [-0.1, -0.05) is 25.1 Å². The van der Waals surface area contributed by atoms with Gasteiger partial charge < -0.3 is 10.4 Å². The molecule has 2 N–H and O–H groups in total. The molecule has 0 spiro atoms. The smallest absolute Gasteiger partial charge is 0.214 e. The molecular weight excluding hydrogens is 288 g/mol. The average molecular weight is 312 g/mol. The summed E-state index contributed by atoms with van der Waals surface area (Å²) < 4.78 is 25.6. The third-order valence-electron chi connectivity index (χ3n) is 3.88. The summed E-state index contributed by atoms with van der Waals surface area (Å²) in [6.45, 7) is 3.67. The van der Waals surface area contributed by atoms with Crippen LogP contribution >= 0.6 is 0 Å². The second-order valence-electron chi connectivity index (χ2n) is 5.50. The van der Waals surface area contributed by atoms with Crippen LogP contribution in [-0.4, -0.2) is 42.7 Å². The number of piperidine rings is 1. The van der Waals surface area contributed by atoms with Crippen molar-refractivity contribution in [1.82, 2.24) is 9.62 Å². The van der Waals surface area contributed by atoms with Crippen LogP contribution in [0, 0.1) is 0 Å². The highest BCUT2D eigenvalue weighted by atomic mass is 32.2. The Balaban J connectivity index is 1.81. The van der Waals surface area contributed by atoms with Gasteiger partial charge in [0.15, 0.2) is 0 Å². The van der Waals surface area contributed by atoms with Crippen LogP contribution in [-0.2, 0) is 16.6 Å². The van der Waals surface area contributed by atoms with Gasteiger partial charge in [0, 0.05) is 31.2 Å². The van der Waals surface area contributed by atoms with Crippen LogP contribution in [0.4, 0.5) is 0 Å². The van der Waals surface area contributed by atoms with Gasteiger partial charge in [0.1, 0.15) is 5.75 Å². The molecule has 1 fully saturated rings. The minimum Gasteiger partial charge on any atom is -0.508 e. The van der Waals surface area contributed by atoms with E-state index in [1.807, 2.05) is 19.1 Å². The minimum absolute atomic E-state index is 0.239. The van der Waals surface area contributed by atoms with Gasteiger partial charge in [-0.25, -0.2) is 12.7 Å². The zero-order valence-corrected chi connectivity index (χ0v) is 13.3. The molecule has 0 bridgehead atoms. The molecule has 0 unspecified atom stereocenters. The minimum atomic E-state index is -3.07. The summed E-state index contributed by atoms with van der Waals surface area (Å²) in [7, 11) is -3.07. The van der Waals surface area contributed by atoms with Gasteiger partial charge in [-0.05, 0) is 25.3 Å². The van der Waals surface area contributed by atoms with Crippen molar-refractivity contribution in [2.45, 2.75) is 38.8 Å². The molecule has 21 heavy (non-hydrogen) atoms. The van der Waals surface area contributed by atoms with Gasteiger partial charge in [0.25, 0.3) is 0 Å². The zero-order valence-electron chi connectivity index (χ0n) is 12.5. The summed E-state index contributed by atoms with van der Waals surface area (Å²) in [5.74, 6) is 0.538. The number of hydrogen-bond donors (Lipinski definition) is 2. The Bertz CT molecular complexity index is 552. The van der Waals surface area contributed by atoms with E-state index in [1.165, 1.54) is 0 Å². The van der Waals surface area contributed by atoms with E-state index in [9.17, 15) is 13.5 Å². The van der Waals surface area contributed by atoms with Crippen LogP contribution in [0.1, 0.15) is 31.7 Å². The third-order valence-corrected chi connectivity index (χ3v) is 5.96. The van der Waals surface area contributed by atoms with Crippen molar-refractivity contribution >= 4 is 10.0 Å². The SMILES string of the molecule is CCCS(=O)(=O)N1CCC(NCc2ccccc2O)CC1. The molecule has 0 saturated carbocycles. The molecule has 1 aliphatic rings. The van der Waals surface area contributed by atoms with E-state index in [-0.39, 0.29) is 5.75 Å². The van der Waals surface area contributed by atoms with Crippen molar-refractivity contribution in [3.8, 4) is 5.75 Å². The van der Waals surface area contributed by atoms with Crippen molar-refractivity contribution in [3.05, 3.63) is 29.8 Å². The molecule has 1 aromatic carbocycles. The van der Waals surface area contributed by atoms with Crippen LogP contribution in [0.2, 0.25) is 0 Å². The lowest BCUT2D eigenvalue weighted by Gasteiger charge is -2.31. The molecule has 2 rings (SSSR count). The van der Waals surface area contributed by atoms with Crippen LogP contribution in [0.15, 0.2) is 24.3 Å². The van der Waals surface area contributed by atoms with E-state index < -0.39 is 10.0 Å². The van der Waals surface area contributed by atoms with E-state index in [0.717, 1.165) is 18.4 Å². The molecule has 118 valence electrons. The number of para-hydroxylation sites is 1. The quantitative estimate of drug-likeness (QED) is 0.838. The van der Waals surface area contributed by atoms with Gasteiger partial charge in [-0.15, -0.1) is 0 Å². The molecule has 1 saturated heterocycles. The van der Waals surface area contributed by atoms with E-state index in [0.29, 0.717) is 37.8 Å². The first-order chi connectivity index (χ1) is 10.0. The zero-order chi connectivity index (χ0) is 15.3. The normalized spacial score (nSPS) is 18.0. The predicted octanol–water partition coefficient (Wildman–Crippen LogP) is 1.69. The molecule has 6 heteroatoms. The Hall–Kier alpha value is -1.11. The summed E-state index contributed by atoms with van der Waals surface area (Å²) in [6.07, 6.45) is 2.29. The second kappa shape index (κ2) is 7.24. The maximum absolute atomic E-state index is 12.0. The van der Waals surface area contributed by atoms with Crippen molar-refractivity contribution in [2.75, 3.05) is 18.8 Å². The van der Waals surface area contributed by atoms with Crippen molar-refractivity contribution in [2.24, 2.45) is 0 Å². The molecule has 0 aromatic heterocycles. The van der Waals surface area contributed by atoms with Crippen molar-refractivity contribution in [1.29, 1.82) is 0 Å². The fourth-order valence-corrected chi connectivity index (χ4v) is 4.18. The number of rotatable bonds is 6. The lowest BCUT2D eigenvalue weighted by molar-refractivity contribution is 0.288. The highest BCUT2D eigenvalue weighted by molar-refractivity contribution is 7.89. The van der Waals surface area contributed by atoms with E-state index in [1.54, 1.807) is 16.4 Å². The molecule has 0 aliphatic carbocycles. The molecule has 1 aromatic rings. The van der Waals surface area contributed by atoms with Crippen molar-refractivity contribution < 1.29 is 13.5 Å². The second-order valence-corrected chi connectivity index (χ2v) is 7.59. The van der Waals surface area contributed by atoms with E-state index in [4.69, 9.17) is 0 Å². The van der Waals surface area contributed by atoms with Crippen molar-refractivity contribution in [3.63, 3.8) is 0 Å². The number of phenols is 1. The molecule has 1 aliphatic heterocycles. The Labute approximate surface area is 127 Å². The van der Waals surface area contributed by atoms with Gasteiger partial charge >= 0.3 is 0 Å². The van der Waals surface area contributed by atoms with Crippen LogP contribution < -0.4 is 5.32 Å². The molecular formula is C15H24N2O3S. The Morgan fingerprint density at radius 2 is 1.95 bits per heavy atom. The first-order valence-electron chi connectivity index (χ1n) is 7.51. The van der Waals surface area contributed by atoms with Gasteiger partial charge in [-0.3, -0.25) is 0 Å². The Kier molecular flexibility index (Phi) is 5.61. The summed E-state index contributed by atoms with van der Waals surface area (Å²) in [5, 5.41) is 13.1. The van der Waals surface area contributed by atoms with Crippen LogP contribution in [0.5, 0.6) is 5.75 Å².